The van der Waals surface area contributed by atoms with Crippen molar-refractivity contribution >= 4 is 5.82 Å². The molecule has 150 valence electrons. The van der Waals surface area contributed by atoms with Crippen LogP contribution in [0.1, 0.15) is 32.6 Å². The number of imidazole rings is 1. The van der Waals surface area contributed by atoms with Crippen molar-refractivity contribution in [3.05, 3.63) is 49.3 Å². The summed E-state index contributed by atoms with van der Waals surface area (Å²) in [6.45, 7) is 2.33. The number of phenols is 1. The van der Waals surface area contributed by atoms with Crippen LogP contribution in [0.2, 0.25) is 0 Å². The quantitative estimate of drug-likeness (QED) is 0.713. The lowest BCUT2D eigenvalue weighted by atomic mass is 9.88. The van der Waals surface area contributed by atoms with Crippen LogP contribution < -0.4 is 10.2 Å². The van der Waals surface area contributed by atoms with Crippen molar-refractivity contribution in [2.24, 2.45) is 0 Å². The standard InChI is InChI=1S/C22H26N6O/c1-22-6-5-15(26-22)9-17(11-22)27(2)21-13-24-19(12-25-21)18-4-3-16(10-20(18)29)28-8-7-23-14-28/h3-4,7-8,10,12-15,17,26,29H,5-6,9,11H2,1-2H3/t15?,17-,22+/m1/s1. The minimum atomic E-state index is 0.175. The summed E-state index contributed by atoms with van der Waals surface area (Å²) in [5.74, 6) is 1.05. The third kappa shape index (κ3) is 3.35. The Kier molecular flexibility index (Phi) is 4.28. The van der Waals surface area contributed by atoms with Crippen LogP contribution in [0.4, 0.5) is 5.82 Å². The monoisotopic (exact) mass is 390 g/mol. The molecule has 5 rings (SSSR count). The van der Waals surface area contributed by atoms with E-state index < -0.39 is 0 Å². The first-order valence-electron chi connectivity index (χ1n) is 10.2. The first kappa shape index (κ1) is 18.1. The van der Waals surface area contributed by atoms with Crippen LogP contribution >= 0.6 is 0 Å². The third-order valence-electron chi connectivity index (χ3n) is 6.45. The number of aromatic nitrogens is 4. The number of nitrogens with zero attached hydrogens (tertiary/aromatic N) is 5. The lowest BCUT2D eigenvalue weighted by Crippen LogP contribution is -2.53. The Bertz CT molecular complexity index is 1000. The molecule has 2 aliphatic heterocycles. The number of rotatable bonds is 4. The normalized spacial score (nSPS) is 25.9. The van der Waals surface area contributed by atoms with Crippen molar-refractivity contribution in [1.82, 2.24) is 24.8 Å². The highest BCUT2D eigenvalue weighted by atomic mass is 16.3. The van der Waals surface area contributed by atoms with E-state index in [0.717, 1.165) is 24.3 Å². The molecule has 2 aromatic heterocycles. The molecule has 0 aliphatic carbocycles. The SMILES string of the molecule is CN(c1cnc(-c2ccc(-n3ccnc3)cc2O)cn1)[C@@H]1CC2CC[C@@](C)(C1)N2. The number of hydrogen-bond acceptors (Lipinski definition) is 6. The largest absolute Gasteiger partial charge is 0.507 e. The lowest BCUT2D eigenvalue weighted by molar-refractivity contribution is 0.266. The van der Waals surface area contributed by atoms with Crippen molar-refractivity contribution in [2.45, 2.75) is 50.2 Å². The summed E-state index contributed by atoms with van der Waals surface area (Å²) in [5, 5.41) is 14.3. The predicted molar refractivity (Wildman–Crippen MR) is 112 cm³/mol. The lowest BCUT2D eigenvalue weighted by Gasteiger charge is -2.41. The van der Waals surface area contributed by atoms with Crippen LogP contribution in [-0.4, -0.2) is 49.3 Å². The van der Waals surface area contributed by atoms with Gasteiger partial charge in [-0.25, -0.2) is 9.97 Å². The first-order valence-corrected chi connectivity index (χ1v) is 10.2. The summed E-state index contributed by atoms with van der Waals surface area (Å²) < 4.78 is 1.85. The molecule has 2 aliphatic rings. The highest BCUT2D eigenvalue weighted by Crippen LogP contribution is 2.38. The number of piperidine rings is 1. The van der Waals surface area contributed by atoms with E-state index in [-0.39, 0.29) is 11.3 Å². The molecule has 0 saturated carbocycles. The summed E-state index contributed by atoms with van der Waals surface area (Å²) in [6.07, 6.45) is 13.6. The van der Waals surface area contributed by atoms with Gasteiger partial charge >= 0.3 is 0 Å². The second kappa shape index (κ2) is 6.84. The molecule has 2 N–H and O–H groups in total. The molecular formula is C22H26N6O. The van der Waals surface area contributed by atoms with Crippen LogP contribution in [0.3, 0.4) is 0 Å². The van der Waals surface area contributed by atoms with E-state index in [4.69, 9.17) is 0 Å². The van der Waals surface area contributed by atoms with Gasteiger partial charge in [0.15, 0.2) is 0 Å². The number of aromatic hydroxyl groups is 1. The molecule has 4 heterocycles. The molecule has 0 radical (unpaired) electrons. The third-order valence-corrected chi connectivity index (χ3v) is 6.45. The average molecular weight is 390 g/mol. The molecule has 2 fully saturated rings. The van der Waals surface area contributed by atoms with Gasteiger partial charge in [0.1, 0.15) is 11.6 Å². The highest BCUT2D eigenvalue weighted by molar-refractivity contribution is 5.68. The topological polar surface area (TPSA) is 79.1 Å². The Hall–Kier alpha value is -2.93. The number of phenolic OH excluding ortho intramolecular Hbond substituents is 1. The fraction of sp³-hybridized carbons (Fsp3) is 0.409. The van der Waals surface area contributed by atoms with E-state index in [2.05, 4.69) is 39.1 Å². The first-order chi connectivity index (χ1) is 14.0. The second-order valence-electron chi connectivity index (χ2n) is 8.58. The van der Waals surface area contributed by atoms with Crippen molar-refractivity contribution in [3.63, 3.8) is 0 Å². The summed E-state index contributed by atoms with van der Waals surface area (Å²) in [5.41, 5.74) is 2.43. The molecule has 29 heavy (non-hydrogen) atoms. The Labute approximate surface area is 170 Å². The molecule has 7 heteroatoms. The van der Waals surface area contributed by atoms with Crippen LogP contribution in [0.15, 0.2) is 49.3 Å². The van der Waals surface area contributed by atoms with E-state index in [1.807, 2.05) is 29.1 Å². The molecule has 3 aromatic rings. The van der Waals surface area contributed by atoms with Crippen LogP contribution in [0.5, 0.6) is 5.75 Å². The van der Waals surface area contributed by atoms with Crippen molar-refractivity contribution in [2.75, 3.05) is 11.9 Å². The zero-order chi connectivity index (χ0) is 20.0. The number of anilines is 1. The van der Waals surface area contributed by atoms with Gasteiger partial charge in [-0.15, -0.1) is 0 Å². The summed E-state index contributed by atoms with van der Waals surface area (Å²) >= 11 is 0. The van der Waals surface area contributed by atoms with Gasteiger partial charge in [-0.05, 0) is 44.7 Å². The predicted octanol–water partition coefficient (Wildman–Crippen LogP) is 3.14. The maximum Gasteiger partial charge on any atom is 0.147 e. The number of nitrogens with one attached hydrogen (secondary N) is 1. The van der Waals surface area contributed by atoms with E-state index >= 15 is 0 Å². The number of hydrogen-bond donors (Lipinski definition) is 2. The minimum absolute atomic E-state index is 0.175. The van der Waals surface area contributed by atoms with Gasteiger partial charge in [0.05, 0.1) is 30.1 Å². The van der Waals surface area contributed by atoms with Gasteiger partial charge < -0.3 is 19.9 Å². The van der Waals surface area contributed by atoms with Crippen molar-refractivity contribution < 1.29 is 5.11 Å². The summed E-state index contributed by atoms with van der Waals surface area (Å²) in [7, 11) is 2.11. The zero-order valence-corrected chi connectivity index (χ0v) is 16.8. The molecule has 1 aromatic carbocycles. The maximum atomic E-state index is 10.5. The van der Waals surface area contributed by atoms with Crippen LogP contribution in [0.25, 0.3) is 16.9 Å². The second-order valence-corrected chi connectivity index (χ2v) is 8.58. The molecule has 2 saturated heterocycles. The molecule has 3 atom stereocenters. The van der Waals surface area contributed by atoms with Gasteiger partial charge in [-0.2, -0.15) is 0 Å². The van der Waals surface area contributed by atoms with E-state index in [0.29, 0.717) is 23.3 Å². The van der Waals surface area contributed by atoms with Crippen LogP contribution in [0, 0.1) is 0 Å². The molecule has 1 unspecified atom stereocenters. The molecule has 2 bridgehead atoms. The van der Waals surface area contributed by atoms with Gasteiger partial charge in [-0.3, -0.25) is 4.98 Å². The number of benzene rings is 1. The van der Waals surface area contributed by atoms with E-state index in [1.165, 1.54) is 12.8 Å². The van der Waals surface area contributed by atoms with Crippen molar-refractivity contribution in [1.29, 1.82) is 0 Å². The van der Waals surface area contributed by atoms with Gasteiger partial charge in [0, 0.05) is 48.7 Å². The minimum Gasteiger partial charge on any atom is -0.507 e. The molecule has 0 amide bonds. The van der Waals surface area contributed by atoms with Crippen molar-refractivity contribution in [3.8, 4) is 22.7 Å². The summed E-state index contributed by atoms with van der Waals surface area (Å²) in [4.78, 5) is 15.5. The maximum absolute atomic E-state index is 10.5. The highest BCUT2D eigenvalue weighted by Gasteiger charge is 2.43. The van der Waals surface area contributed by atoms with Gasteiger partial charge in [0.25, 0.3) is 0 Å². The molecular weight excluding hydrogens is 364 g/mol. The van der Waals surface area contributed by atoms with Gasteiger partial charge in [-0.1, -0.05) is 0 Å². The fourth-order valence-corrected chi connectivity index (χ4v) is 4.83. The Balaban J connectivity index is 1.35. The zero-order valence-electron chi connectivity index (χ0n) is 16.8. The Morgan fingerprint density at radius 2 is 2.17 bits per heavy atom. The van der Waals surface area contributed by atoms with Gasteiger partial charge in [0.2, 0.25) is 0 Å². The fourth-order valence-electron chi connectivity index (χ4n) is 4.83. The van der Waals surface area contributed by atoms with E-state index in [1.54, 1.807) is 24.8 Å². The number of fused-ring (bicyclic) bond motifs is 2. The average Bonchev–Trinajstić information content (AvgIpc) is 3.35. The van der Waals surface area contributed by atoms with E-state index in [9.17, 15) is 5.11 Å². The summed E-state index contributed by atoms with van der Waals surface area (Å²) in [6, 6.07) is 6.59. The molecule has 0 spiro atoms. The Morgan fingerprint density at radius 3 is 2.86 bits per heavy atom. The molecule has 7 nitrogen and oxygen atoms in total. The van der Waals surface area contributed by atoms with Crippen LogP contribution in [-0.2, 0) is 0 Å². The smallest absolute Gasteiger partial charge is 0.147 e. The Morgan fingerprint density at radius 1 is 1.28 bits per heavy atom.